The zero-order valence-electron chi connectivity index (χ0n) is 12.1. The zero-order valence-corrected chi connectivity index (χ0v) is 12.8. The predicted octanol–water partition coefficient (Wildman–Crippen LogP) is 3.21. The van der Waals surface area contributed by atoms with E-state index in [-0.39, 0.29) is 16.3 Å². The van der Waals surface area contributed by atoms with Crippen LogP contribution in [-0.4, -0.2) is 30.6 Å². The molecule has 0 spiro atoms. The van der Waals surface area contributed by atoms with Crippen LogP contribution >= 0.6 is 11.6 Å². The number of aliphatic carboxylic acids is 1. The maximum atomic E-state index is 12.0. The molecule has 1 saturated carbocycles. The van der Waals surface area contributed by atoms with E-state index in [1.807, 2.05) is 0 Å². The molecule has 0 radical (unpaired) electrons. The fourth-order valence-electron chi connectivity index (χ4n) is 3.42. The van der Waals surface area contributed by atoms with Gasteiger partial charge < -0.3 is 14.6 Å². The van der Waals surface area contributed by atoms with E-state index in [1.54, 1.807) is 6.07 Å². The summed E-state index contributed by atoms with van der Waals surface area (Å²) >= 11 is 6.19. The molecule has 0 unspecified atom stereocenters. The largest absolute Gasteiger partial charge is 0.486 e. The Morgan fingerprint density at radius 3 is 2.41 bits per heavy atom. The van der Waals surface area contributed by atoms with Gasteiger partial charge in [0.25, 0.3) is 0 Å². The molecule has 118 valence electrons. The van der Waals surface area contributed by atoms with E-state index in [4.69, 9.17) is 21.1 Å². The Balaban J connectivity index is 2.23. The molecule has 1 aliphatic carbocycles. The smallest absolute Gasteiger partial charge is 0.314 e. The van der Waals surface area contributed by atoms with Crippen LogP contribution in [-0.2, 0) is 10.2 Å². The number of halogens is 1. The second-order valence-electron chi connectivity index (χ2n) is 5.74. The highest BCUT2D eigenvalue weighted by Gasteiger charge is 2.45. The van der Waals surface area contributed by atoms with Crippen LogP contribution < -0.4 is 9.47 Å². The number of carbonyl (C=O) groups excluding carboxylic acids is 1. The molecular weight excluding hydrogens is 308 g/mol. The van der Waals surface area contributed by atoms with E-state index >= 15 is 0 Å². The lowest BCUT2D eigenvalue weighted by atomic mass is 9.69. The lowest BCUT2D eigenvalue weighted by Gasteiger charge is -2.36. The van der Waals surface area contributed by atoms with E-state index in [2.05, 4.69) is 0 Å². The molecule has 3 rings (SSSR count). The Morgan fingerprint density at radius 1 is 1.18 bits per heavy atom. The molecule has 0 aromatic heterocycles. The van der Waals surface area contributed by atoms with Gasteiger partial charge in [-0.1, -0.05) is 30.9 Å². The third-order valence-electron chi connectivity index (χ3n) is 4.55. The van der Waals surface area contributed by atoms with Crippen molar-refractivity contribution in [1.29, 1.82) is 0 Å². The molecule has 0 atom stereocenters. The van der Waals surface area contributed by atoms with E-state index in [9.17, 15) is 14.7 Å². The van der Waals surface area contributed by atoms with Crippen molar-refractivity contribution < 1.29 is 24.2 Å². The summed E-state index contributed by atoms with van der Waals surface area (Å²) in [6, 6.07) is 1.57. The molecule has 1 aromatic carbocycles. The van der Waals surface area contributed by atoms with Gasteiger partial charge in [-0.05, 0) is 18.9 Å². The number of ether oxygens (including phenoxy) is 2. The average Bonchev–Trinajstić information content (AvgIpc) is 2.54. The number of fused-ring (bicyclic) bond motifs is 1. The van der Waals surface area contributed by atoms with Gasteiger partial charge >= 0.3 is 5.97 Å². The summed E-state index contributed by atoms with van der Waals surface area (Å²) in [6.45, 7) is 0.642. The van der Waals surface area contributed by atoms with Gasteiger partial charge in [-0.25, -0.2) is 0 Å². The van der Waals surface area contributed by atoms with Crippen LogP contribution in [0.5, 0.6) is 11.5 Å². The predicted molar refractivity (Wildman–Crippen MR) is 80.2 cm³/mol. The highest BCUT2D eigenvalue weighted by atomic mass is 35.5. The molecule has 0 saturated heterocycles. The topological polar surface area (TPSA) is 72.8 Å². The van der Waals surface area contributed by atoms with Crippen molar-refractivity contribution in [3.63, 3.8) is 0 Å². The van der Waals surface area contributed by atoms with Gasteiger partial charge in [0.1, 0.15) is 13.2 Å². The first-order valence-corrected chi connectivity index (χ1v) is 7.79. The Labute approximate surface area is 133 Å². The summed E-state index contributed by atoms with van der Waals surface area (Å²) in [5.41, 5.74) is -0.268. The van der Waals surface area contributed by atoms with Crippen molar-refractivity contribution in [2.45, 2.75) is 37.5 Å². The highest BCUT2D eigenvalue weighted by molar-refractivity contribution is 6.33. The summed E-state index contributed by atoms with van der Waals surface area (Å²) in [5.74, 6) is -0.240. The number of carboxylic acids is 1. The number of hydrogen-bond donors (Lipinski definition) is 1. The number of benzene rings is 1. The van der Waals surface area contributed by atoms with E-state index in [1.165, 1.54) is 0 Å². The van der Waals surface area contributed by atoms with Crippen molar-refractivity contribution in [3.8, 4) is 11.5 Å². The molecule has 1 aromatic rings. The van der Waals surface area contributed by atoms with Crippen LogP contribution in [0.3, 0.4) is 0 Å². The number of aldehydes is 1. The molecule has 5 nitrogen and oxygen atoms in total. The lowest BCUT2D eigenvalue weighted by molar-refractivity contribution is -0.145. The fourth-order valence-corrected chi connectivity index (χ4v) is 3.66. The van der Waals surface area contributed by atoms with Crippen LogP contribution in [0.4, 0.5) is 0 Å². The van der Waals surface area contributed by atoms with Gasteiger partial charge in [0, 0.05) is 5.56 Å². The number of rotatable bonds is 3. The Hall–Kier alpha value is -1.75. The minimum Gasteiger partial charge on any atom is -0.486 e. The fraction of sp³-hybridized carbons (Fsp3) is 0.500. The maximum absolute atomic E-state index is 12.0. The monoisotopic (exact) mass is 324 g/mol. The Morgan fingerprint density at radius 2 is 1.82 bits per heavy atom. The Kier molecular flexibility index (Phi) is 4.00. The number of carbonyl (C=O) groups is 2. The minimum absolute atomic E-state index is 0.209. The normalized spacial score (nSPS) is 19.5. The van der Waals surface area contributed by atoms with Crippen LogP contribution in [0.25, 0.3) is 0 Å². The van der Waals surface area contributed by atoms with E-state index in [0.717, 1.165) is 19.3 Å². The zero-order chi connectivity index (χ0) is 15.7. The first-order chi connectivity index (χ1) is 10.6. The first-order valence-electron chi connectivity index (χ1n) is 7.41. The summed E-state index contributed by atoms with van der Waals surface area (Å²) in [5, 5.41) is 10.1. The van der Waals surface area contributed by atoms with Crippen LogP contribution in [0, 0.1) is 0 Å². The second-order valence-corrected chi connectivity index (χ2v) is 6.15. The lowest BCUT2D eigenvalue weighted by Crippen LogP contribution is -2.39. The molecule has 0 amide bonds. The first kappa shape index (κ1) is 15.2. The second kappa shape index (κ2) is 5.80. The quantitative estimate of drug-likeness (QED) is 0.864. The SMILES string of the molecule is O=Cc1c(Cl)cc(C2(C(=O)O)CCCCC2)c2c1OCCO2. The highest BCUT2D eigenvalue weighted by Crippen LogP contribution is 2.50. The molecule has 1 aliphatic heterocycles. The number of hydrogen-bond acceptors (Lipinski definition) is 4. The van der Waals surface area contributed by atoms with Gasteiger partial charge in [-0.15, -0.1) is 0 Å². The van der Waals surface area contributed by atoms with Crippen molar-refractivity contribution in [3.05, 3.63) is 22.2 Å². The van der Waals surface area contributed by atoms with Gasteiger partial charge in [0.15, 0.2) is 17.8 Å². The molecule has 6 heteroatoms. The molecule has 1 fully saturated rings. The Bertz CT molecular complexity index is 619. The van der Waals surface area contributed by atoms with Crippen LogP contribution in [0.2, 0.25) is 5.02 Å². The van der Waals surface area contributed by atoms with E-state index in [0.29, 0.717) is 43.7 Å². The molecule has 22 heavy (non-hydrogen) atoms. The van der Waals surface area contributed by atoms with E-state index < -0.39 is 11.4 Å². The maximum Gasteiger partial charge on any atom is 0.314 e. The molecule has 1 N–H and O–H groups in total. The van der Waals surface area contributed by atoms with Crippen LogP contribution in [0.15, 0.2) is 6.07 Å². The van der Waals surface area contributed by atoms with Crippen molar-refractivity contribution in [2.24, 2.45) is 0 Å². The minimum atomic E-state index is -1.02. The van der Waals surface area contributed by atoms with Gasteiger partial charge in [0.2, 0.25) is 0 Å². The summed E-state index contributed by atoms with van der Waals surface area (Å²) in [7, 11) is 0. The number of carboxylic acid groups (broad SMARTS) is 1. The van der Waals surface area contributed by atoms with Crippen molar-refractivity contribution in [2.75, 3.05) is 13.2 Å². The standard InChI is InChI=1S/C16H17ClO5/c17-12-8-11(16(15(19)20)4-2-1-3-5-16)14-13(10(12)9-18)21-6-7-22-14/h8-9H,1-7H2,(H,19,20). The molecule has 1 heterocycles. The average molecular weight is 325 g/mol. The summed E-state index contributed by atoms with van der Waals surface area (Å²) < 4.78 is 11.2. The van der Waals surface area contributed by atoms with Gasteiger partial charge in [-0.2, -0.15) is 0 Å². The molecular formula is C16H17ClO5. The summed E-state index contributed by atoms with van der Waals surface area (Å²) in [4.78, 5) is 23.3. The van der Waals surface area contributed by atoms with Crippen molar-refractivity contribution >= 4 is 23.9 Å². The molecule has 2 aliphatic rings. The third-order valence-corrected chi connectivity index (χ3v) is 4.86. The summed E-state index contributed by atoms with van der Waals surface area (Å²) in [6.07, 6.45) is 4.40. The van der Waals surface area contributed by atoms with Crippen LogP contribution in [0.1, 0.15) is 48.0 Å². The molecule has 0 bridgehead atoms. The third kappa shape index (κ3) is 2.24. The van der Waals surface area contributed by atoms with Crippen molar-refractivity contribution in [1.82, 2.24) is 0 Å². The van der Waals surface area contributed by atoms with Gasteiger partial charge in [-0.3, -0.25) is 9.59 Å². The van der Waals surface area contributed by atoms with Gasteiger partial charge in [0.05, 0.1) is 16.0 Å².